The van der Waals surface area contributed by atoms with E-state index in [1.807, 2.05) is 17.0 Å². The summed E-state index contributed by atoms with van der Waals surface area (Å²) in [5, 5.41) is 5.95. The van der Waals surface area contributed by atoms with Crippen molar-refractivity contribution in [2.45, 2.75) is 25.2 Å². The summed E-state index contributed by atoms with van der Waals surface area (Å²) < 4.78 is 45.1. The highest BCUT2D eigenvalue weighted by Crippen LogP contribution is 2.32. The van der Waals surface area contributed by atoms with E-state index in [0.717, 1.165) is 6.07 Å². The minimum atomic E-state index is -4.35. The van der Waals surface area contributed by atoms with E-state index >= 15 is 0 Å². The summed E-state index contributed by atoms with van der Waals surface area (Å²) in [5.74, 6) is 0. The van der Waals surface area contributed by atoms with Gasteiger partial charge in [0.2, 0.25) is 0 Å². The third kappa shape index (κ3) is 4.45. The molecule has 1 heterocycles. The van der Waals surface area contributed by atoms with Gasteiger partial charge in [0.15, 0.2) is 0 Å². The van der Waals surface area contributed by atoms with E-state index < -0.39 is 11.7 Å². The zero-order valence-electron chi connectivity index (χ0n) is 16.8. The highest BCUT2D eigenvalue weighted by atomic mass is 19.4. The van der Waals surface area contributed by atoms with E-state index in [1.165, 1.54) is 28.5 Å². The highest BCUT2D eigenvalue weighted by Gasteiger charge is 2.32. The number of anilines is 1. The van der Waals surface area contributed by atoms with Crippen molar-refractivity contribution in [1.82, 2.24) is 5.32 Å². The van der Waals surface area contributed by atoms with Gasteiger partial charge in [-0.3, -0.25) is 0 Å². The Balaban J connectivity index is 1.50. The Morgan fingerprint density at radius 2 is 1.83 bits per heavy atom. The second-order valence-electron chi connectivity index (χ2n) is 7.67. The van der Waals surface area contributed by atoms with Crippen LogP contribution in [0.5, 0.6) is 0 Å². The van der Waals surface area contributed by atoms with Crippen LogP contribution in [-0.4, -0.2) is 32.3 Å². The third-order valence-corrected chi connectivity index (χ3v) is 5.68. The summed E-state index contributed by atoms with van der Waals surface area (Å²) in [6.45, 7) is 4.27. The molecule has 30 heavy (non-hydrogen) atoms. The fourth-order valence-corrected chi connectivity index (χ4v) is 4.08. The van der Waals surface area contributed by atoms with Gasteiger partial charge in [0.25, 0.3) is 0 Å². The molecule has 4 rings (SSSR count). The lowest BCUT2D eigenvalue weighted by atomic mass is 9.99. The number of fused-ring (bicyclic) bond motifs is 1. The van der Waals surface area contributed by atoms with Gasteiger partial charge in [-0.15, -0.1) is 0 Å². The molecule has 158 valence electrons. The van der Waals surface area contributed by atoms with Crippen LogP contribution >= 0.6 is 0 Å². The van der Waals surface area contributed by atoms with E-state index in [0.29, 0.717) is 32.0 Å². The molecule has 3 aromatic rings. The number of hydrogen-bond donors (Lipinski definition) is 1. The van der Waals surface area contributed by atoms with Gasteiger partial charge in [0, 0.05) is 24.8 Å². The summed E-state index contributed by atoms with van der Waals surface area (Å²) in [7, 11) is 0. The Bertz CT molecular complexity index is 1000. The van der Waals surface area contributed by atoms with Crippen LogP contribution in [0.25, 0.3) is 10.8 Å². The average molecular weight is 414 g/mol. The van der Waals surface area contributed by atoms with E-state index in [9.17, 15) is 13.2 Å². The van der Waals surface area contributed by atoms with Crippen molar-refractivity contribution in [3.63, 3.8) is 0 Å². The molecular weight excluding hydrogens is 389 g/mol. The molecule has 1 fully saturated rings. The molecule has 0 radical (unpaired) electrons. The molecule has 0 aromatic heterocycles. The van der Waals surface area contributed by atoms with Gasteiger partial charge in [-0.05, 0) is 41.5 Å². The standard InChI is InChI=1S/C24H25F3N2O/c1-17(22-11-4-7-18-6-2-3-10-23(18)22)28-15-21-16-30-13-12-29(21)20-9-5-8-19(14-20)24(25,26)27/h2-11,14,17,21,28H,12-13,15-16H2,1H3/t17-,21?/m1/s1. The Labute approximate surface area is 174 Å². The normalized spacial score (nSPS) is 18.5. The molecule has 2 atom stereocenters. The predicted octanol–water partition coefficient (Wildman–Crippen LogP) is 5.41. The Morgan fingerprint density at radius 3 is 2.67 bits per heavy atom. The molecule has 1 saturated heterocycles. The zero-order chi connectivity index (χ0) is 21.1. The maximum Gasteiger partial charge on any atom is 0.416 e. The molecule has 6 heteroatoms. The van der Waals surface area contributed by atoms with Gasteiger partial charge in [-0.25, -0.2) is 0 Å². The van der Waals surface area contributed by atoms with Crippen molar-refractivity contribution < 1.29 is 17.9 Å². The van der Waals surface area contributed by atoms with E-state index in [2.05, 4.69) is 42.6 Å². The molecule has 1 unspecified atom stereocenters. The molecule has 0 saturated carbocycles. The number of halogens is 3. The van der Waals surface area contributed by atoms with Gasteiger partial charge in [-0.2, -0.15) is 13.2 Å². The number of nitrogens with zero attached hydrogens (tertiary/aromatic N) is 1. The van der Waals surface area contributed by atoms with Gasteiger partial charge in [0.1, 0.15) is 0 Å². The lowest BCUT2D eigenvalue weighted by Gasteiger charge is -2.38. The van der Waals surface area contributed by atoms with Crippen molar-refractivity contribution in [2.24, 2.45) is 0 Å². The number of hydrogen-bond acceptors (Lipinski definition) is 3. The lowest BCUT2D eigenvalue weighted by Crippen LogP contribution is -2.51. The third-order valence-electron chi connectivity index (χ3n) is 5.68. The molecular formula is C24H25F3N2O. The maximum absolute atomic E-state index is 13.1. The van der Waals surface area contributed by atoms with Crippen molar-refractivity contribution in [3.8, 4) is 0 Å². The van der Waals surface area contributed by atoms with Crippen molar-refractivity contribution >= 4 is 16.5 Å². The minimum Gasteiger partial charge on any atom is -0.377 e. The number of ether oxygens (including phenoxy) is 1. The first kappa shape index (κ1) is 20.7. The van der Waals surface area contributed by atoms with Crippen molar-refractivity contribution in [1.29, 1.82) is 0 Å². The largest absolute Gasteiger partial charge is 0.416 e. The van der Waals surface area contributed by atoms with Crippen LogP contribution in [0, 0.1) is 0 Å². The molecule has 3 nitrogen and oxygen atoms in total. The Kier molecular flexibility index (Phi) is 5.97. The minimum absolute atomic E-state index is 0.0420. The number of morpholine rings is 1. The molecule has 0 bridgehead atoms. The number of rotatable bonds is 5. The van der Waals surface area contributed by atoms with E-state index in [1.54, 1.807) is 6.07 Å². The number of benzene rings is 3. The van der Waals surface area contributed by atoms with Crippen molar-refractivity contribution in [3.05, 3.63) is 77.9 Å². The van der Waals surface area contributed by atoms with Crippen LogP contribution in [0.1, 0.15) is 24.1 Å². The first-order chi connectivity index (χ1) is 14.4. The monoisotopic (exact) mass is 414 g/mol. The topological polar surface area (TPSA) is 24.5 Å². The van der Waals surface area contributed by atoms with Crippen LogP contribution < -0.4 is 10.2 Å². The maximum atomic E-state index is 13.1. The van der Waals surface area contributed by atoms with E-state index in [4.69, 9.17) is 4.74 Å². The fraction of sp³-hybridized carbons (Fsp3) is 0.333. The highest BCUT2D eigenvalue weighted by molar-refractivity contribution is 5.86. The summed E-state index contributed by atoms with van der Waals surface area (Å²) >= 11 is 0. The predicted molar refractivity (Wildman–Crippen MR) is 114 cm³/mol. The van der Waals surface area contributed by atoms with Crippen molar-refractivity contribution in [2.75, 3.05) is 31.2 Å². The summed E-state index contributed by atoms with van der Waals surface area (Å²) in [5.41, 5.74) is 1.16. The fourth-order valence-electron chi connectivity index (χ4n) is 4.08. The summed E-state index contributed by atoms with van der Waals surface area (Å²) in [4.78, 5) is 2.02. The van der Waals surface area contributed by atoms with Crippen LogP contribution in [0.4, 0.5) is 18.9 Å². The van der Waals surface area contributed by atoms with Gasteiger partial charge in [0.05, 0.1) is 24.8 Å². The van der Waals surface area contributed by atoms with Gasteiger partial charge in [-0.1, -0.05) is 48.5 Å². The van der Waals surface area contributed by atoms with Crippen LogP contribution in [0.2, 0.25) is 0 Å². The molecule has 3 aromatic carbocycles. The van der Waals surface area contributed by atoms with E-state index in [-0.39, 0.29) is 12.1 Å². The lowest BCUT2D eigenvalue weighted by molar-refractivity contribution is -0.137. The first-order valence-corrected chi connectivity index (χ1v) is 10.2. The average Bonchev–Trinajstić information content (AvgIpc) is 2.77. The molecule has 1 aliphatic rings. The van der Waals surface area contributed by atoms with Crippen LogP contribution in [-0.2, 0) is 10.9 Å². The summed E-state index contributed by atoms with van der Waals surface area (Å²) in [6, 6.07) is 20.1. The van der Waals surface area contributed by atoms with Crippen LogP contribution in [0.15, 0.2) is 66.7 Å². The summed E-state index contributed by atoms with van der Waals surface area (Å²) in [6.07, 6.45) is -4.35. The molecule has 1 N–H and O–H groups in total. The Hall–Kier alpha value is -2.57. The quantitative estimate of drug-likeness (QED) is 0.604. The van der Waals surface area contributed by atoms with Gasteiger partial charge >= 0.3 is 6.18 Å². The molecule has 0 aliphatic carbocycles. The number of alkyl halides is 3. The molecule has 0 amide bonds. The number of nitrogens with one attached hydrogen (secondary N) is 1. The molecule has 1 aliphatic heterocycles. The van der Waals surface area contributed by atoms with Gasteiger partial charge < -0.3 is 15.0 Å². The Morgan fingerprint density at radius 1 is 1.07 bits per heavy atom. The first-order valence-electron chi connectivity index (χ1n) is 10.2. The van der Waals surface area contributed by atoms with Crippen LogP contribution in [0.3, 0.4) is 0 Å². The second-order valence-corrected chi connectivity index (χ2v) is 7.67. The SMILES string of the molecule is C[C@@H](NCC1COCCN1c1cccc(C(F)(F)F)c1)c1cccc2ccccc12. The zero-order valence-corrected chi connectivity index (χ0v) is 16.8. The second kappa shape index (κ2) is 8.66. The molecule has 0 spiro atoms. The smallest absolute Gasteiger partial charge is 0.377 e.